The Kier molecular flexibility index (Phi) is 25.4. The number of imide groups is 1. The van der Waals surface area contributed by atoms with Crippen LogP contribution in [0.15, 0.2) is 72.9 Å². The van der Waals surface area contributed by atoms with Crippen LogP contribution in [0, 0.1) is 30.1 Å². The van der Waals surface area contributed by atoms with E-state index in [0.717, 1.165) is 87.5 Å². The number of nitrogens with two attached hydrogens (primary N) is 1. The number of benzene rings is 2. The molecular formula is C75H93N17O18S. The highest BCUT2D eigenvalue weighted by molar-refractivity contribution is 7.22. The highest BCUT2D eigenvalue weighted by Gasteiger charge is 2.74. The number of amides is 9. The van der Waals surface area contributed by atoms with E-state index >= 15 is 0 Å². The van der Waals surface area contributed by atoms with E-state index in [9.17, 15) is 73.2 Å². The van der Waals surface area contributed by atoms with Crippen molar-refractivity contribution in [3.05, 3.63) is 107 Å². The van der Waals surface area contributed by atoms with Crippen LogP contribution < -0.4 is 37.2 Å². The van der Waals surface area contributed by atoms with Gasteiger partial charge in [0.1, 0.15) is 18.5 Å². The van der Waals surface area contributed by atoms with Crippen LogP contribution in [0.25, 0.3) is 21.3 Å². The molecule has 0 radical (unpaired) electrons. The summed E-state index contributed by atoms with van der Waals surface area (Å²) in [5, 5.41) is 68.3. The van der Waals surface area contributed by atoms with Crippen molar-refractivity contribution >= 4 is 115 Å². The van der Waals surface area contributed by atoms with Gasteiger partial charge in [0, 0.05) is 105 Å². The molecule has 35 nitrogen and oxygen atoms in total. The fraction of sp³-hybridized carbons (Fsp3) is 0.493. The lowest BCUT2D eigenvalue weighted by atomic mass is 9.65. The van der Waals surface area contributed by atoms with Gasteiger partial charge in [0.15, 0.2) is 22.5 Å². The number of ether oxygens (including phenoxy) is 3. The average molecular weight is 1550 g/mol. The second-order valence-electron chi connectivity index (χ2n) is 29.7. The van der Waals surface area contributed by atoms with E-state index in [1.807, 2.05) is 53.8 Å². The summed E-state index contributed by atoms with van der Waals surface area (Å²) in [5.41, 5.74) is 9.43. The molecule has 12 rings (SSSR count). The molecule has 2 aliphatic heterocycles. The van der Waals surface area contributed by atoms with Gasteiger partial charge in [-0.2, -0.15) is 5.10 Å². The number of aliphatic hydroxyl groups excluding tert-OH is 1. The molecule has 5 atom stereocenters. The van der Waals surface area contributed by atoms with E-state index < -0.39 is 103 Å². The molecule has 9 amide bonds. The maximum atomic E-state index is 14.3. The number of rotatable bonds is 39. The minimum atomic E-state index is -1.37. The van der Waals surface area contributed by atoms with Crippen LogP contribution in [0.4, 0.5) is 37.9 Å². The number of likely N-dealkylation sites (N-methyl/N-ethyl adjacent to an activating group) is 1. The van der Waals surface area contributed by atoms with Crippen molar-refractivity contribution in [1.82, 2.24) is 65.5 Å². The first-order valence-electron chi connectivity index (χ1n) is 36.7. The van der Waals surface area contributed by atoms with Crippen LogP contribution in [0.1, 0.15) is 116 Å². The second-order valence-corrected chi connectivity index (χ2v) is 30.7. The summed E-state index contributed by atoms with van der Waals surface area (Å²) in [7, 11) is 1.39. The molecule has 0 saturated heterocycles. The number of hydrogen-bond donors (Lipinski definition) is 10. The summed E-state index contributed by atoms with van der Waals surface area (Å²) in [5.74, 6) is -6.03. The first-order valence-corrected chi connectivity index (χ1v) is 37.5. The number of carbonyl (C=O) groups excluding carboxylic acids is 8. The number of pyridine rings is 1. The van der Waals surface area contributed by atoms with Crippen molar-refractivity contribution < 1.29 is 87.4 Å². The Balaban J connectivity index is 0.741. The minimum Gasteiger partial charge on any atom is -0.480 e. The number of aromatic carboxylic acids is 1. The zero-order valence-electron chi connectivity index (χ0n) is 62.5. The molecule has 0 spiro atoms. The molecule has 4 fully saturated rings. The summed E-state index contributed by atoms with van der Waals surface area (Å²) in [6.07, 6.45) is 8.95. The third kappa shape index (κ3) is 19.4. The maximum Gasteiger partial charge on any atom is 0.410 e. The zero-order chi connectivity index (χ0) is 79.5. The number of thiazole rings is 1. The first kappa shape index (κ1) is 80.9. The van der Waals surface area contributed by atoms with E-state index in [4.69, 9.17) is 35.0 Å². The number of fused-ring (bicyclic) bond motifs is 2. The molecular weight excluding hydrogens is 1460 g/mol. The van der Waals surface area contributed by atoms with Gasteiger partial charge in [-0.15, -0.1) is 10.2 Å². The summed E-state index contributed by atoms with van der Waals surface area (Å²) in [4.78, 5) is 156. The predicted molar refractivity (Wildman–Crippen MR) is 402 cm³/mol. The van der Waals surface area contributed by atoms with E-state index in [1.165, 1.54) is 46.4 Å². The molecule has 111 heavy (non-hydrogen) atoms. The highest BCUT2D eigenvalue weighted by atomic mass is 32.1. The fourth-order valence-corrected chi connectivity index (χ4v) is 17.5. The first-order chi connectivity index (χ1) is 52.9. The molecule has 6 aromatic rings. The van der Waals surface area contributed by atoms with Gasteiger partial charge in [0.2, 0.25) is 23.6 Å². The third-order valence-electron chi connectivity index (χ3n) is 21.3. The summed E-state index contributed by atoms with van der Waals surface area (Å²) >= 11 is 1.52. The number of aliphatic hydroxyl groups is 1. The van der Waals surface area contributed by atoms with E-state index in [1.54, 1.807) is 12.3 Å². The van der Waals surface area contributed by atoms with Gasteiger partial charge in [-0.3, -0.25) is 52.8 Å². The molecule has 2 aromatic carbocycles. The van der Waals surface area contributed by atoms with E-state index in [-0.39, 0.29) is 119 Å². The Morgan fingerprint density at radius 1 is 0.811 bits per heavy atom. The van der Waals surface area contributed by atoms with Crippen molar-refractivity contribution in [3.63, 3.8) is 0 Å². The number of carboxylic acid groups (broad SMARTS) is 3. The second kappa shape index (κ2) is 34.9. The van der Waals surface area contributed by atoms with Crippen LogP contribution in [0.2, 0.25) is 0 Å². The topological polar surface area (TPSA) is 468 Å². The van der Waals surface area contributed by atoms with E-state index in [2.05, 4.69) is 50.6 Å². The normalized spacial score (nSPS) is 19.6. The van der Waals surface area contributed by atoms with Gasteiger partial charge in [-0.05, 0) is 142 Å². The Labute approximate surface area is 642 Å². The quantitative estimate of drug-likeness (QED) is 0.0179. The monoisotopic (exact) mass is 1550 g/mol. The van der Waals surface area contributed by atoms with Gasteiger partial charge < -0.3 is 81.7 Å². The van der Waals surface area contributed by atoms with Gasteiger partial charge in [-0.25, -0.2) is 24.4 Å². The van der Waals surface area contributed by atoms with Crippen LogP contribution in [0.3, 0.4) is 0 Å². The number of nitrogens with one attached hydrogen (secondary N) is 5. The molecule has 4 aromatic heterocycles. The number of primary amides is 1. The Morgan fingerprint density at radius 3 is 2.31 bits per heavy atom. The predicted octanol–water partition coefficient (Wildman–Crippen LogP) is 5.00. The Morgan fingerprint density at radius 2 is 1.58 bits per heavy atom. The third-order valence-corrected chi connectivity index (χ3v) is 22.3. The Hall–Kier alpha value is -11.1. The number of hydrogen-bond acceptors (Lipinski definition) is 24. The number of carbonyl (C=O) groups is 11. The average Bonchev–Trinajstić information content (AvgIpc) is 1.50. The summed E-state index contributed by atoms with van der Waals surface area (Å²) in [6.45, 7) is 6.21. The smallest absolute Gasteiger partial charge is 0.410 e. The summed E-state index contributed by atoms with van der Waals surface area (Å²) < 4.78 is 21.4. The van der Waals surface area contributed by atoms with Crippen molar-refractivity contribution in [2.24, 2.45) is 22.0 Å². The molecule has 592 valence electrons. The van der Waals surface area contributed by atoms with Crippen molar-refractivity contribution in [2.45, 2.75) is 130 Å². The highest BCUT2D eigenvalue weighted by Crippen LogP contribution is 2.78. The van der Waals surface area contributed by atoms with Crippen molar-refractivity contribution in [2.75, 3.05) is 108 Å². The van der Waals surface area contributed by atoms with Gasteiger partial charge in [0.05, 0.1) is 74.6 Å². The lowest BCUT2D eigenvalue weighted by Gasteiger charge is -2.46. The number of aromatic nitrogens is 6. The van der Waals surface area contributed by atoms with Crippen molar-refractivity contribution in [3.8, 4) is 11.1 Å². The van der Waals surface area contributed by atoms with E-state index in [0.29, 0.717) is 64.3 Å². The minimum absolute atomic E-state index is 0.0224. The molecule has 4 bridgehead atoms. The SMILES string of the molecule is Cc1c(Nc2nc3ccccc3s2)nnc2c1CCCN2c1ccc(-c2cnn(CC34CC5(C)CC(OCCN(CCCO)C(=O)OCc6ccc(NC(=O)[C@H](CCCNC(N)=O)NC(=O)CNC(=O)CCOCCN7C(=O)C=CC7=O)cc6CN(C)C(=O)CN(CC(=O)O)CC(=O)O)(CC3(C)C5)C4)c2C)c(C(=O)O)n1. The largest absolute Gasteiger partial charge is 0.480 e. The molecule has 36 heteroatoms. The van der Waals surface area contributed by atoms with Crippen molar-refractivity contribution in [1.29, 1.82) is 0 Å². The van der Waals surface area contributed by atoms with Gasteiger partial charge in [-0.1, -0.05) is 43.4 Å². The molecule has 11 N–H and O–H groups in total. The zero-order valence-corrected chi connectivity index (χ0v) is 63.3. The number of aliphatic carboxylic acids is 2. The number of para-hydroxylation sites is 1. The van der Waals surface area contributed by atoms with Crippen LogP contribution in [0.5, 0.6) is 0 Å². The van der Waals surface area contributed by atoms with Gasteiger partial charge in [0.25, 0.3) is 11.8 Å². The fourth-order valence-electron chi connectivity index (χ4n) is 16.7. The molecule has 6 heterocycles. The molecule has 4 aliphatic carbocycles. The lowest BCUT2D eigenvalue weighted by molar-refractivity contribution is -0.144. The molecule has 4 unspecified atom stereocenters. The van der Waals surface area contributed by atoms with Gasteiger partial charge >= 0.3 is 30.0 Å². The summed E-state index contributed by atoms with van der Waals surface area (Å²) in [6, 6.07) is 13.9. The number of urea groups is 1. The number of carboxylic acids is 3. The lowest BCUT2D eigenvalue weighted by Crippen LogP contribution is -2.47. The standard InChI is InChI=1S/C75H93N17O18S/c1-45-50-11-9-24-90(66(50)86-85-65(45)84-70-82-53-12-6-7-14-55(53)111-70)56-18-17-51(64(83-56)68(104)105)52-32-79-92(46(52)2)44-74-40-72(3)39-73(74,4)42-75(41-72,43-74)110-30-25-89(23-10-27-93)71(107)109-38-47-15-16-49(31-48(47)34-87(5)61(98)35-88(36-62(99)100)37-63(101)102)80-67(103)54(13-8-22-77-69(76)106)81-58(95)33-78-57(94)21-28-108-29-26-91-59(96)19-20-60(91)97/h6-7,12,14-20,31-32,54,93H,8-11,13,21-30,33-44H2,1-5H3,(H,78,94)(H,80,103)(H,81,95)(H,99,100)(H,101,102)(H,104,105)(H3,76,77,106)(H,82,84,85)/t54-,72?,73?,74?,75?/m0/s1. The van der Waals surface area contributed by atoms with Crippen LogP contribution in [-0.4, -0.2) is 239 Å². The van der Waals surface area contributed by atoms with Crippen LogP contribution in [-0.2, 0) is 78.7 Å². The maximum absolute atomic E-state index is 14.3. The number of nitrogens with zero attached hydrogens (tertiary/aromatic N) is 11. The molecule has 4 saturated carbocycles. The van der Waals surface area contributed by atoms with Crippen LogP contribution >= 0.6 is 11.3 Å². The Bertz CT molecular complexity index is 4540. The molecule has 6 aliphatic rings. The number of anilines is 5.